The predicted molar refractivity (Wildman–Crippen MR) is 75.8 cm³/mol. The van der Waals surface area contributed by atoms with Gasteiger partial charge in [0.15, 0.2) is 0 Å². The van der Waals surface area contributed by atoms with Crippen LogP contribution in [0.4, 0.5) is 11.8 Å². The van der Waals surface area contributed by atoms with Crippen molar-refractivity contribution in [2.45, 2.75) is 13.3 Å². The van der Waals surface area contributed by atoms with E-state index < -0.39 is 0 Å². The van der Waals surface area contributed by atoms with Crippen molar-refractivity contribution >= 4 is 11.8 Å². The van der Waals surface area contributed by atoms with Crippen molar-refractivity contribution in [2.24, 2.45) is 5.84 Å². The summed E-state index contributed by atoms with van der Waals surface area (Å²) in [5, 5.41) is 0. The highest BCUT2D eigenvalue weighted by Crippen LogP contribution is 2.16. The topological polar surface area (TPSA) is 80.0 Å². The normalized spacial score (nSPS) is 10.3. The summed E-state index contributed by atoms with van der Waals surface area (Å²) >= 11 is 0. The Labute approximate surface area is 112 Å². The molecule has 0 atom stereocenters. The molecule has 19 heavy (non-hydrogen) atoms. The Hall–Kier alpha value is -2.21. The molecule has 0 radical (unpaired) electrons. The third kappa shape index (κ3) is 3.38. The summed E-state index contributed by atoms with van der Waals surface area (Å²) in [4.78, 5) is 14.8. The first kappa shape index (κ1) is 13.2. The summed E-state index contributed by atoms with van der Waals surface area (Å²) in [5.41, 5.74) is 4.55. The quantitative estimate of drug-likeness (QED) is 0.618. The van der Waals surface area contributed by atoms with Crippen LogP contribution in [0.25, 0.3) is 0 Å². The third-order valence-corrected chi connectivity index (χ3v) is 2.87. The number of rotatable bonds is 5. The lowest BCUT2D eigenvalue weighted by atomic mass is 10.2. The van der Waals surface area contributed by atoms with Crippen molar-refractivity contribution in [2.75, 3.05) is 23.9 Å². The first-order valence-corrected chi connectivity index (χ1v) is 6.12. The standard InChI is InChI=1S/C13H18N6/c1-10-9-16-13(18-14)17-12(10)19(2)8-6-11-5-3-4-7-15-11/h3-5,7,9H,6,8,14H2,1-2H3,(H,16,17,18). The van der Waals surface area contributed by atoms with E-state index in [0.29, 0.717) is 5.95 Å². The summed E-state index contributed by atoms with van der Waals surface area (Å²) in [6, 6.07) is 5.93. The van der Waals surface area contributed by atoms with Crippen LogP contribution in [0, 0.1) is 6.92 Å². The van der Waals surface area contributed by atoms with E-state index in [0.717, 1.165) is 30.0 Å². The number of aryl methyl sites for hydroxylation is 1. The number of likely N-dealkylation sites (N-methyl/N-ethyl adjacent to an activating group) is 1. The average molecular weight is 258 g/mol. The summed E-state index contributed by atoms with van der Waals surface area (Å²) in [6.07, 6.45) is 4.43. The molecule has 0 aliphatic heterocycles. The first-order chi connectivity index (χ1) is 9.20. The van der Waals surface area contributed by atoms with Gasteiger partial charge in [0.05, 0.1) is 0 Å². The lowest BCUT2D eigenvalue weighted by Crippen LogP contribution is -2.24. The van der Waals surface area contributed by atoms with Gasteiger partial charge in [0.25, 0.3) is 0 Å². The zero-order chi connectivity index (χ0) is 13.7. The Morgan fingerprint density at radius 3 is 2.84 bits per heavy atom. The van der Waals surface area contributed by atoms with Crippen molar-refractivity contribution in [1.29, 1.82) is 0 Å². The average Bonchev–Trinajstić information content (AvgIpc) is 2.46. The lowest BCUT2D eigenvalue weighted by Gasteiger charge is -2.20. The molecule has 0 amide bonds. The van der Waals surface area contributed by atoms with Gasteiger partial charge in [-0.2, -0.15) is 4.98 Å². The summed E-state index contributed by atoms with van der Waals surface area (Å²) in [5.74, 6) is 6.63. The van der Waals surface area contributed by atoms with E-state index in [9.17, 15) is 0 Å². The summed E-state index contributed by atoms with van der Waals surface area (Å²) in [6.45, 7) is 2.81. The molecule has 2 heterocycles. The fraction of sp³-hybridized carbons (Fsp3) is 0.308. The molecule has 100 valence electrons. The maximum absolute atomic E-state index is 5.33. The van der Waals surface area contributed by atoms with Gasteiger partial charge in [-0.05, 0) is 19.1 Å². The van der Waals surface area contributed by atoms with Gasteiger partial charge in [-0.1, -0.05) is 6.07 Å². The smallest absolute Gasteiger partial charge is 0.239 e. The number of pyridine rings is 1. The number of nitrogens with one attached hydrogen (secondary N) is 1. The number of nitrogens with zero attached hydrogens (tertiary/aromatic N) is 4. The summed E-state index contributed by atoms with van der Waals surface area (Å²) < 4.78 is 0. The second kappa shape index (κ2) is 6.10. The van der Waals surface area contributed by atoms with Gasteiger partial charge in [0, 0.05) is 43.7 Å². The van der Waals surface area contributed by atoms with Crippen LogP contribution in [0.5, 0.6) is 0 Å². The molecule has 0 saturated heterocycles. The fourth-order valence-electron chi connectivity index (χ4n) is 1.82. The highest BCUT2D eigenvalue weighted by molar-refractivity contribution is 5.48. The van der Waals surface area contributed by atoms with E-state index in [1.54, 1.807) is 6.20 Å². The van der Waals surface area contributed by atoms with Crippen molar-refractivity contribution in [3.8, 4) is 0 Å². The van der Waals surface area contributed by atoms with Gasteiger partial charge in [-0.3, -0.25) is 10.4 Å². The number of hydrogen-bond acceptors (Lipinski definition) is 6. The number of hydrogen-bond donors (Lipinski definition) is 2. The molecule has 0 spiro atoms. The van der Waals surface area contributed by atoms with Gasteiger partial charge >= 0.3 is 0 Å². The van der Waals surface area contributed by atoms with Crippen LogP contribution in [-0.2, 0) is 6.42 Å². The van der Waals surface area contributed by atoms with Gasteiger partial charge in [0.1, 0.15) is 5.82 Å². The predicted octanol–water partition coefficient (Wildman–Crippen LogP) is 1.14. The first-order valence-electron chi connectivity index (χ1n) is 6.12. The molecule has 0 unspecified atom stereocenters. The van der Waals surface area contributed by atoms with E-state index in [-0.39, 0.29) is 0 Å². The molecule has 6 nitrogen and oxygen atoms in total. The molecule has 2 aromatic rings. The fourth-order valence-corrected chi connectivity index (χ4v) is 1.82. The molecule has 2 aromatic heterocycles. The van der Waals surface area contributed by atoms with E-state index in [1.165, 1.54) is 0 Å². The van der Waals surface area contributed by atoms with Crippen LogP contribution in [-0.4, -0.2) is 28.5 Å². The second-order valence-electron chi connectivity index (χ2n) is 4.34. The van der Waals surface area contributed by atoms with Crippen LogP contribution in [0.1, 0.15) is 11.3 Å². The van der Waals surface area contributed by atoms with E-state index in [1.807, 2.05) is 38.4 Å². The van der Waals surface area contributed by atoms with E-state index >= 15 is 0 Å². The zero-order valence-corrected chi connectivity index (χ0v) is 11.2. The Bertz CT molecular complexity index is 528. The van der Waals surface area contributed by atoms with Gasteiger partial charge < -0.3 is 4.90 Å². The number of hydrazine groups is 1. The summed E-state index contributed by atoms with van der Waals surface area (Å²) in [7, 11) is 2.00. The highest BCUT2D eigenvalue weighted by Gasteiger charge is 2.08. The SMILES string of the molecule is Cc1cnc(NN)nc1N(C)CCc1ccccn1. The number of anilines is 2. The van der Waals surface area contributed by atoms with Crippen molar-refractivity contribution in [1.82, 2.24) is 15.0 Å². The van der Waals surface area contributed by atoms with Crippen LogP contribution in [0.15, 0.2) is 30.6 Å². The Balaban J connectivity index is 2.05. The van der Waals surface area contributed by atoms with Crippen molar-refractivity contribution < 1.29 is 0 Å². The Morgan fingerprint density at radius 2 is 2.16 bits per heavy atom. The Morgan fingerprint density at radius 1 is 1.32 bits per heavy atom. The zero-order valence-electron chi connectivity index (χ0n) is 11.2. The van der Waals surface area contributed by atoms with Gasteiger partial charge in [0.2, 0.25) is 5.95 Å². The number of nitrogen functional groups attached to an aromatic ring is 1. The minimum atomic E-state index is 0.422. The van der Waals surface area contributed by atoms with Crippen molar-refractivity contribution in [3.05, 3.63) is 41.9 Å². The molecule has 3 N–H and O–H groups in total. The molecule has 2 rings (SSSR count). The molecule has 6 heteroatoms. The molecular formula is C13H18N6. The molecule has 0 bridgehead atoms. The maximum Gasteiger partial charge on any atom is 0.239 e. The minimum absolute atomic E-state index is 0.422. The second-order valence-corrected chi connectivity index (χ2v) is 4.34. The van der Waals surface area contributed by atoms with Crippen LogP contribution in [0.2, 0.25) is 0 Å². The lowest BCUT2D eigenvalue weighted by molar-refractivity contribution is 0.831. The van der Waals surface area contributed by atoms with E-state index in [2.05, 4.69) is 25.3 Å². The van der Waals surface area contributed by atoms with E-state index in [4.69, 9.17) is 5.84 Å². The Kier molecular flexibility index (Phi) is 4.25. The molecule has 0 saturated carbocycles. The number of nitrogens with two attached hydrogens (primary N) is 1. The van der Waals surface area contributed by atoms with Gasteiger partial charge in [-0.15, -0.1) is 0 Å². The molecule has 0 fully saturated rings. The van der Waals surface area contributed by atoms with Gasteiger partial charge in [-0.25, -0.2) is 10.8 Å². The molecule has 0 aromatic carbocycles. The highest BCUT2D eigenvalue weighted by atomic mass is 15.3. The van der Waals surface area contributed by atoms with Crippen LogP contribution in [0.3, 0.4) is 0 Å². The number of aromatic nitrogens is 3. The monoisotopic (exact) mass is 258 g/mol. The van der Waals surface area contributed by atoms with Crippen LogP contribution >= 0.6 is 0 Å². The maximum atomic E-state index is 5.33. The van der Waals surface area contributed by atoms with Crippen molar-refractivity contribution in [3.63, 3.8) is 0 Å². The third-order valence-electron chi connectivity index (χ3n) is 2.87. The molecular weight excluding hydrogens is 240 g/mol. The van der Waals surface area contributed by atoms with Crippen LogP contribution < -0.4 is 16.2 Å². The largest absolute Gasteiger partial charge is 0.359 e. The molecule has 0 aliphatic rings. The molecule has 0 aliphatic carbocycles. The minimum Gasteiger partial charge on any atom is -0.359 e.